The van der Waals surface area contributed by atoms with Crippen LogP contribution in [0.25, 0.3) is 6.08 Å². The van der Waals surface area contributed by atoms with Crippen LogP contribution in [0.2, 0.25) is 0 Å². The zero-order valence-corrected chi connectivity index (χ0v) is 16.9. The monoisotopic (exact) mass is 406 g/mol. The summed E-state index contributed by atoms with van der Waals surface area (Å²) in [7, 11) is 0. The van der Waals surface area contributed by atoms with Crippen molar-refractivity contribution in [2.45, 2.75) is 26.0 Å². The van der Waals surface area contributed by atoms with Crippen LogP contribution in [-0.4, -0.2) is 17.5 Å². The van der Waals surface area contributed by atoms with Crippen LogP contribution in [0.1, 0.15) is 34.3 Å². The summed E-state index contributed by atoms with van der Waals surface area (Å²) in [6.45, 7) is 3.01. The molecule has 0 spiro atoms. The fraction of sp³-hybridized carbons (Fsp3) is 0.217. The van der Waals surface area contributed by atoms with E-state index in [2.05, 4.69) is 10.3 Å². The first kappa shape index (κ1) is 19.2. The molecule has 3 aromatic rings. The molecule has 0 saturated heterocycles. The van der Waals surface area contributed by atoms with Gasteiger partial charge in [-0.2, -0.15) is 0 Å². The summed E-state index contributed by atoms with van der Waals surface area (Å²) < 4.78 is 11.5. The average molecular weight is 407 g/mol. The number of benzene rings is 2. The van der Waals surface area contributed by atoms with Crippen LogP contribution in [-0.2, 0) is 11.4 Å². The number of hydrogen-bond donors (Lipinski definition) is 1. The maximum Gasteiger partial charge on any atom is 0.244 e. The molecule has 0 bridgehead atoms. The Hall–Kier alpha value is -3.12. The second kappa shape index (κ2) is 8.92. The number of hydrogen-bond acceptors (Lipinski definition) is 5. The topological polar surface area (TPSA) is 60.5 Å². The first-order valence-electron chi connectivity index (χ1n) is 9.51. The highest BCUT2D eigenvalue weighted by Crippen LogP contribution is 2.31. The number of ether oxygens (including phenoxy) is 2. The van der Waals surface area contributed by atoms with E-state index in [1.807, 2.05) is 60.8 Å². The number of carbonyl (C=O) groups is 1. The Morgan fingerprint density at radius 1 is 1.31 bits per heavy atom. The van der Waals surface area contributed by atoms with Gasteiger partial charge in [0.15, 0.2) is 0 Å². The predicted molar refractivity (Wildman–Crippen MR) is 114 cm³/mol. The van der Waals surface area contributed by atoms with Gasteiger partial charge < -0.3 is 14.8 Å². The van der Waals surface area contributed by atoms with E-state index < -0.39 is 0 Å². The fourth-order valence-electron chi connectivity index (χ4n) is 3.22. The normalized spacial score (nSPS) is 15.6. The molecule has 0 saturated carbocycles. The van der Waals surface area contributed by atoms with Crippen molar-refractivity contribution in [1.29, 1.82) is 0 Å². The molecular formula is C23H22N2O3S. The SMILES string of the molecule is Cc1nc(COc2cccc(/C=C/C(=O)NC3CCOc4ccccc43)c2)cs1. The van der Waals surface area contributed by atoms with E-state index in [4.69, 9.17) is 9.47 Å². The van der Waals surface area contributed by atoms with Gasteiger partial charge in [0.1, 0.15) is 18.1 Å². The van der Waals surface area contributed by atoms with Crippen molar-refractivity contribution < 1.29 is 14.3 Å². The molecule has 6 heteroatoms. The number of para-hydroxylation sites is 1. The molecule has 0 radical (unpaired) electrons. The highest BCUT2D eigenvalue weighted by molar-refractivity contribution is 7.09. The number of rotatable bonds is 6. The second-order valence-electron chi connectivity index (χ2n) is 6.79. The van der Waals surface area contributed by atoms with Gasteiger partial charge in [-0.3, -0.25) is 4.79 Å². The lowest BCUT2D eigenvalue weighted by Gasteiger charge is -2.26. The molecule has 1 aliphatic rings. The molecular weight excluding hydrogens is 384 g/mol. The molecule has 5 nitrogen and oxygen atoms in total. The minimum Gasteiger partial charge on any atom is -0.493 e. The predicted octanol–water partition coefficient (Wildman–Crippen LogP) is 4.68. The molecule has 4 rings (SSSR count). The Morgan fingerprint density at radius 2 is 2.21 bits per heavy atom. The van der Waals surface area contributed by atoms with Crippen LogP contribution in [0.15, 0.2) is 60.0 Å². The molecule has 1 aliphatic heterocycles. The Morgan fingerprint density at radius 3 is 3.07 bits per heavy atom. The number of fused-ring (bicyclic) bond motifs is 1. The molecule has 1 aromatic heterocycles. The number of aromatic nitrogens is 1. The van der Waals surface area contributed by atoms with Gasteiger partial charge in [0.05, 0.1) is 23.4 Å². The lowest BCUT2D eigenvalue weighted by atomic mass is 10.0. The Bertz CT molecular complexity index is 1030. The highest BCUT2D eigenvalue weighted by atomic mass is 32.1. The standard InChI is InChI=1S/C23H22N2O3S/c1-16-24-18(15-29-16)14-28-19-6-4-5-17(13-19)9-10-23(26)25-21-11-12-27-22-8-3-2-7-20(21)22/h2-10,13,15,21H,11-12,14H2,1H3,(H,25,26)/b10-9+. The summed E-state index contributed by atoms with van der Waals surface area (Å²) in [6.07, 6.45) is 4.11. The summed E-state index contributed by atoms with van der Waals surface area (Å²) in [4.78, 5) is 16.8. The summed E-state index contributed by atoms with van der Waals surface area (Å²) >= 11 is 1.61. The van der Waals surface area contributed by atoms with Crippen molar-refractivity contribution in [1.82, 2.24) is 10.3 Å². The van der Waals surface area contributed by atoms with Gasteiger partial charge >= 0.3 is 0 Å². The highest BCUT2D eigenvalue weighted by Gasteiger charge is 2.21. The summed E-state index contributed by atoms with van der Waals surface area (Å²) in [5.74, 6) is 1.46. The van der Waals surface area contributed by atoms with Gasteiger partial charge in [0.2, 0.25) is 5.91 Å². The minimum atomic E-state index is -0.129. The van der Waals surface area contributed by atoms with E-state index in [0.717, 1.165) is 39.7 Å². The third-order valence-electron chi connectivity index (χ3n) is 4.61. The molecule has 1 N–H and O–H groups in total. The lowest BCUT2D eigenvalue weighted by Crippen LogP contribution is -2.30. The number of carbonyl (C=O) groups excluding carboxylic acids is 1. The summed E-state index contributed by atoms with van der Waals surface area (Å²) in [5.41, 5.74) is 2.84. The Labute approximate surface area is 174 Å². The first-order chi connectivity index (χ1) is 14.2. The van der Waals surface area contributed by atoms with Crippen LogP contribution in [0.3, 0.4) is 0 Å². The van der Waals surface area contributed by atoms with E-state index in [-0.39, 0.29) is 11.9 Å². The van der Waals surface area contributed by atoms with Crippen molar-refractivity contribution in [3.8, 4) is 11.5 Å². The van der Waals surface area contributed by atoms with Crippen molar-refractivity contribution in [3.05, 3.63) is 81.8 Å². The number of aryl methyl sites for hydroxylation is 1. The third-order valence-corrected chi connectivity index (χ3v) is 5.44. The number of amides is 1. The second-order valence-corrected chi connectivity index (χ2v) is 7.85. The minimum absolute atomic E-state index is 0.0339. The van der Waals surface area contributed by atoms with Gasteiger partial charge in [0, 0.05) is 23.4 Å². The molecule has 0 aliphatic carbocycles. The zero-order chi connectivity index (χ0) is 20.1. The number of nitrogens with one attached hydrogen (secondary N) is 1. The molecule has 2 heterocycles. The van der Waals surface area contributed by atoms with Crippen molar-refractivity contribution >= 4 is 23.3 Å². The quantitative estimate of drug-likeness (QED) is 0.604. The molecule has 1 unspecified atom stereocenters. The van der Waals surface area contributed by atoms with Crippen molar-refractivity contribution in [3.63, 3.8) is 0 Å². The number of thiazole rings is 1. The molecule has 1 atom stereocenters. The van der Waals surface area contributed by atoms with Crippen molar-refractivity contribution in [2.24, 2.45) is 0 Å². The smallest absolute Gasteiger partial charge is 0.244 e. The molecule has 148 valence electrons. The Balaban J connectivity index is 1.36. The molecule has 2 aromatic carbocycles. The fourth-order valence-corrected chi connectivity index (χ4v) is 3.82. The van der Waals surface area contributed by atoms with E-state index >= 15 is 0 Å². The van der Waals surface area contributed by atoms with Crippen LogP contribution in [0, 0.1) is 6.92 Å². The van der Waals surface area contributed by atoms with Gasteiger partial charge in [-0.05, 0) is 36.8 Å². The van der Waals surface area contributed by atoms with Gasteiger partial charge in [-0.25, -0.2) is 4.98 Å². The average Bonchev–Trinajstić information content (AvgIpc) is 3.17. The largest absolute Gasteiger partial charge is 0.493 e. The summed E-state index contributed by atoms with van der Waals surface area (Å²) in [5, 5.41) is 6.09. The van der Waals surface area contributed by atoms with E-state index in [0.29, 0.717) is 13.2 Å². The van der Waals surface area contributed by atoms with Crippen molar-refractivity contribution in [2.75, 3.05) is 6.61 Å². The first-order valence-corrected chi connectivity index (χ1v) is 10.4. The maximum atomic E-state index is 12.4. The van der Waals surface area contributed by atoms with Gasteiger partial charge in [0.25, 0.3) is 0 Å². The Kier molecular flexibility index (Phi) is 5.91. The third kappa shape index (κ3) is 5.03. The van der Waals surface area contributed by atoms with Crippen LogP contribution in [0.5, 0.6) is 11.5 Å². The molecule has 29 heavy (non-hydrogen) atoms. The number of nitrogens with zero attached hydrogens (tertiary/aromatic N) is 1. The maximum absolute atomic E-state index is 12.4. The van der Waals surface area contributed by atoms with E-state index in [1.54, 1.807) is 23.5 Å². The molecule has 1 amide bonds. The van der Waals surface area contributed by atoms with Crippen LogP contribution < -0.4 is 14.8 Å². The van der Waals surface area contributed by atoms with Crippen LogP contribution >= 0.6 is 11.3 Å². The molecule has 0 fully saturated rings. The van der Waals surface area contributed by atoms with Gasteiger partial charge in [-0.1, -0.05) is 30.3 Å². The van der Waals surface area contributed by atoms with E-state index in [9.17, 15) is 4.79 Å². The van der Waals surface area contributed by atoms with E-state index in [1.165, 1.54) is 0 Å². The van der Waals surface area contributed by atoms with Crippen LogP contribution in [0.4, 0.5) is 0 Å². The zero-order valence-electron chi connectivity index (χ0n) is 16.1. The summed E-state index contributed by atoms with van der Waals surface area (Å²) in [6, 6.07) is 15.4. The van der Waals surface area contributed by atoms with Gasteiger partial charge in [-0.15, -0.1) is 11.3 Å². The lowest BCUT2D eigenvalue weighted by molar-refractivity contribution is -0.117.